The van der Waals surface area contributed by atoms with Gasteiger partial charge < -0.3 is 18.9 Å². The van der Waals surface area contributed by atoms with Crippen LogP contribution in [0, 0.1) is 0 Å². The highest BCUT2D eigenvalue weighted by Crippen LogP contribution is 2.38. The van der Waals surface area contributed by atoms with Gasteiger partial charge in [0.2, 0.25) is 0 Å². The molecule has 1 aliphatic rings. The van der Waals surface area contributed by atoms with E-state index in [2.05, 4.69) is 18.8 Å². The maximum absolute atomic E-state index is 6.26. The zero-order chi connectivity index (χ0) is 24.0. The number of ether oxygens (including phenoxy) is 4. The van der Waals surface area contributed by atoms with Crippen LogP contribution in [0.4, 0.5) is 0 Å². The van der Waals surface area contributed by atoms with Gasteiger partial charge in [0.25, 0.3) is 0 Å². The first-order chi connectivity index (χ1) is 17.3. The van der Waals surface area contributed by atoms with Crippen LogP contribution in [0.25, 0.3) is 28.2 Å². The minimum atomic E-state index is 0.529. The number of rotatable bonds is 10. The summed E-state index contributed by atoms with van der Waals surface area (Å²) in [5.74, 6) is 3.77. The van der Waals surface area contributed by atoms with E-state index in [1.807, 2.05) is 53.1 Å². The number of hydrogen-bond acceptors (Lipinski definition) is 6. The molecule has 0 N–H and O–H groups in total. The number of aromatic nitrogens is 3. The molecule has 1 aliphatic heterocycles. The quantitative estimate of drug-likeness (QED) is 0.255. The van der Waals surface area contributed by atoms with E-state index >= 15 is 0 Å². The molecule has 0 amide bonds. The van der Waals surface area contributed by atoms with Crippen molar-refractivity contribution >= 4 is 11.2 Å². The molecule has 0 aliphatic carbocycles. The lowest BCUT2D eigenvalue weighted by Gasteiger charge is -2.20. The van der Waals surface area contributed by atoms with E-state index in [0.717, 1.165) is 76.9 Å². The first-order valence-corrected chi connectivity index (χ1v) is 12.4. The standard InChI is InChI=1S/C28H31N3O4/c1-3-5-14-32-21-10-11-22(25(19-21)33-15-6-4-2)27-30-23-8-7-13-29-28(23)31(27)20-9-12-24-26(18-20)35-17-16-34-24/h7-13,18-19H,3-6,14-17H2,1-2H3. The predicted octanol–water partition coefficient (Wildman–Crippen LogP) is 6.22. The average molecular weight is 474 g/mol. The zero-order valence-corrected chi connectivity index (χ0v) is 20.3. The van der Waals surface area contributed by atoms with E-state index in [0.29, 0.717) is 26.4 Å². The van der Waals surface area contributed by atoms with Gasteiger partial charge in [0.15, 0.2) is 23.0 Å². The Morgan fingerprint density at radius 1 is 0.886 bits per heavy atom. The monoisotopic (exact) mass is 473 g/mol. The van der Waals surface area contributed by atoms with Crippen LogP contribution in [0.5, 0.6) is 23.0 Å². The Bertz CT molecular complexity index is 1300. The van der Waals surface area contributed by atoms with Gasteiger partial charge in [-0.05, 0) is 49.2 Å². The lowest BCUT2D eigenvalue weighted by molar-refractivity contribution is 0.171. The number of hydrogen-bond donors (Lipinski definition) is 0. The first kappa shape index (κ1) is 23.0. The molecule has 5 rings (SSSR count). The Morgan fingerprint density at radius 3 is 2.51 bits per heavy atom. The second-order valence-corrected chi connectivity index (χ2v) is 8.51. The molecule has 0 fully saturated rings. The van der Waals surface area contributed by atoms with Gasteiger partial charge in [-0.2, -0.15) is 0 Å². The van der Waals surface area contributed by atoms with Crippen molar-refractivity contribution in [1.29, 1.82) is 0 Å². The lowest BCUT2D eigenvalue weighted by atomic mass is 10.1. The topological polar surface area (TPSA) is 67.6 Å². The van der Waals surface area contributed by atoms with Crippen molar-refractivity contribution in [3.05, 3.63) is 54.7 Å². The van der Waals surface area contributed by atoms with Crippen molar-refractivity contribution in [3.8, 4) is 40.1 Å². The molecule has 35 heavy (non-hydrogen) atoms. The van der Waals surface area contributed by atoms with Crippen molar-refractivity contribution in [2.75, 3.05) is 26.4 Å². The highest BCUT2D eigenvalue weighted by Gasteiger charge is 2.21. The molecule has 2 aromatic carbocycles. The number of imidazole rings is 1. The molecule has 0 unspecified atom stereocenters. The lowest BCUT2D eigenvalue weighted by Crippen LogP contribution is -2.15. The van der Waals surface area contributed by atoms with E-state index in [9.17, 15) is 0 Å². The van der Waals surface area contributed by atoms with Crippen LogP contribution < -0.4 is 18.9 Å². The highest BCUT2D eigenvalue weighted by molar-refractivity contribution is 5.82. The summed E-state index contributed by atoms with van der Waals surface area (Å²) in [7, 11) is 0. The molecule has 0 saturated carbocycles. The third kappa shape index (κ3) is 4.90. The fourth-order valence-corrected chi connectivity index (χ4v) is 4.07. The zero-order valence-electron chi connectivity index (χ0n) is 20.3. The number of nitrogens with zero attached hydrogens (tertiary/aromatic N) is 3. The van der Waals surface area contributed by atoms with E-state index in [1.54, 1.807) is 6.20 Å². The molecule has 0 spiro atoms. The van der Waals surface area contributed by atoms with Gasteiger partial charge in [-0.1, -0.05) is 26.7 Å². The van der Waals surface area contributed by atoms with E-state index in [-0.39, 0.29) is 0 Å². The third-order valence-corrected chi connectivity index (χ3v) is 5.92. The van der Waals surface area contributed by atoms with Crippen LogP contribution >= 0.6 is 0 Å². The van der Waals surface area contributed by atoms with Gasteiger partial charge in [-0.3, -0.25) is 4.57 Å². The number of benzene rings is 2. The molecular weight excluding hydrogens is 442 g/mol. The minimum absolute atomic E-state index is 0.529. The average Bonchev–Trinajstić information content (AvgIpc) is 3.28. The van der Waals surface area contributed by atoms with Crippen molar-refractivity contribution in [2.45, 2.75) is 39.5 Å². The number of pyridine rings is 1. The molecule has 0 radical (unpaired) electrons. The van der Waals surface area contributed by atoms with Crippen LogP contribution in [-0.2, 0) is 0 Å². The van der Waals surface area contributed by atoms with E-state index in [4.69, 9.17) is 23.9 Å². The van der Waals surface area contributed by atoms with Crippen LogP contribution in [0.3, 0.4) is 0 Å². The molecule has 0 saturated heterocycles. The van der Waals surface area contributed by atoms with Gasteiger partial charge in [0.1, 0.15) is 30.2 Å². The summed E-state index contributed by atoms with van der Waals surface area (Å²) in [6, 6.07) is 15.8. The summed E-state index contributed by atoms with van der Waals surface area (Å²) in [6.07, 6.45) is 5.91. The summed E-state index contributed by atoms with van der Waals surface area (Å²) < 4.78 is 25.9. The summed E-state index contributed by atoms with van der Waals surface area (Å²) in [5, 5.41) is 0. The third-order valence-electron chi connectivity index (χ3n) is 5.92. The minimum Gasteiger partial charge on any atom is -0.493 e. The first-order valence-electron chi connectivity index (χ1n) is 12.4. The maximum Gasteiger partial charge on any atom is 0.164 e. The molecule has 3 heterocycles. The second-order valence-electron chi connectivity index (χ2n) is 8.51. The van der Waals surface area contributed by atoms with Gasteiger partial charge >= 0.3 is 0 Å². The molecular formula is C28H31N3O4. The number of fused-ring (bicyclic) bond motifs is 2. The van der Waals surface area contributed by atoms with Crippen LogP contribution in [0.1, 0.15) is 39.5 Å². The second kappa shape index (κ2) is 10.7. The van der Waals surface area contributed by atoms with E-state index in [1.165, 1.54) is 0 Å². The molecule has 2 aromatic heterocycles. The van der Waals surface area contributed by atoms with E-state index < -0.39 is 0 Å². The summed E-state index contributed by atoms with van der Waals surface area (Å²) in [5.41, 5.74) is 3.35. The summed E-state index contributed by atoms with van der Waals surface area (Å²) in [4.78, 5) is 9.62. The van der Waals surface area contributed by atoms with Crippen LogP contribution in [0.15, 0.2) is 54.7 Å². The van der Waals surface area contributed by atoms with Gasteiger partial charge in [0.05, 0.1) is 24.5 Å². The Hall–Kier alpha value is -3.74. The van der Waals surface area contributed by atoms with Gasteiger partial charge in [-0.15, -0.1) is 0 Å². The van der Waals surface area contributed by atoms with Crippen LogP contribution in [0.2, 0.25) is 0 Å². The Balaban J connectivity index is 1.62. The summed E-state index contributed by atoms with van der Waals surface area (Å²) >= 11 is 0. The molecule has 182 valence electrons. The normalized spacial score (nSPS) is 12.6. The molecule has 0 bridgehead atoms. The Morgan fingerprint density at radius 2 is 1.69 bits per heavy atom. The Kier molecular flexibility index (Phi) is 7.02. The SMILES string of the molecule is CCCCOc1ccc(-c2nc3cccnc3n2-c2ccc3c(c2)OCCO3)c(OCCCC)c1. The van der Waals surface area contributed by atoms with Gasteiger partial charge in [0, 0.05) is 18.3 Å². The Labute approximate surface area is 205 Å². The van der Waals surface area contributed by atoms with Crippen molar-refractivity contribution in [3.63, 3.8) is 0 Å². The maximum atomic E-state index is 6.26. The largest absolute Gasteiger partial charge is 0.493 e. The molecule has 0 atom stereocenters. The van der Waals surface area contributed by atoms with Crippen molar-refractivity contribution < 1.29 is 18.9 Å². The summed E-state index contributed by atoms with van der Waals surface area (Å²) in [6.45, 7) is 6.71. The molecule has 4 aromatic rings. The highest BCUT2D eigenvalue weighted by atomic mass is 16.6. The van der Waals surface area contributed by atoms with Gasteiger partial charge in [-0.25, -0.2) is 9.97 Å². The fraction of sp³-hybridized carbons (Fsp3) is 0.357. The van der Waals surface area contributed by atoms with Crippen molar-refractivity contribution in [2.24, 2.45) is 0 Å². The smallest absolute Gasteiger partial charge is 0.164 e. The van der Waals surface area contributed by atoms with Crippen LogP contribution in [-0.4, -0.2) is 41.0 Å². The predicted molar refractivity (Wildman–Crippen MR) is 136 cm³/mol. The van der Waals surface area contributed by atoms with Crippen molar-refractivity contribution in [1.82, 2.24) is 14.5 Å². The fourth-order valence-electron chi connectivity index (χ4n) is 4.07. The molecule has 7 heteroatoms. The number of unbranched alkanes of at least 4 members (excludes halogenated alkanes) is 2. The molecule has 7 nitrogen and oxygen atoms in total.